The van der Waals surface area contributed by atoms with E-state index in [1.165, 1.54) is 0 Å². The molecule has 0 saturated heterocycles. The molecule has 0 aromatic heterocycles. The van der Waals surface area contributed by atoms with E-state index in [0.29, 0.717) is 12.5 Å². The van der Waals surface area contributed by atoms with Crippen molar-refractivity contribution >= 4 is 17.6 Å². The molecule has 0 fully saturated rings. The van der Waals surface area contributed by atoms with Crippen molar-refractivity contribution in [3.8, 4) is 0 Å². The van der Waals surface area contributed by atoms with Gasteiger partial charge in [0, 0.05) is 12.2 Å². The van der Waals surface area contributed by atoms with Gasteiger partial charge in [-0.25, -0.2) is 10.8 Å². The van der Waals surface area contributed by atoms with Crippen LogP contribution in [0.5, 0.6) is 0 Å². The first kappa shape index (κ1) is 13.0. The Balaban J connectivity index is 2.53. The number of amides is 1. The van der Waals surface area contributed by atoms with Gasteiger partial charge in [0.2, 0.25) is 11.9 Å². The summed E-state index contributed by atoms with van der Waals surface area (Å²) < 4.78 is 0. The highest BCUT2D eigenvalue weighted by atomic mass is 16.1. The fourth-order valence-electron chi connectivity index (χ4n) is 1.18. The molecule has 0 heterocycles. The number of para-hydroxylation sites is 1. The molecule has 6 heteroatoms. The molecule has 92 valence electrons. The third-order valence-electron chi connectivity index (χ3n) is 1.93. The van der Waals surface area contributed by atoms with Gasteiger partial charge in [0.25, 0.3) is 0 Å². The summed E-state index contributed by atoms with van der Waals surface area (Å²) in [5, 5.41) is 5.61. The number of rotatable bonds is 4. The number of likely N-dealkylation sites (N-methyl/N-ethyl adjacent to an activating group) is 1. The number of nitrogens with one attached hydrogen (secondary N) is 3. The summed E-state index contributed by atoms with van der Waals surface area (Å²) in [6.07, 6.45) is 0. The van der Waals surface area contributed by atoms with E-state index in [0.717, 1.165) is 5.69 Å². The van der Waals surface area contributed by atoms with Gasteiger partial charge in [-0.2, -0.15) is 0 Å². The Bertz CT molecular complexity index is 377. The number of guanidine groups is 1. The average molecular weight is 235 g/mol. The van der Waals surface area contributed by atoms with Crippen molar-refractivity contribution in [3.05, 3.63) is 30.3 Å². The monoisotopic (exact) mass is 235 g/mol. The zero-order valence-electron chi connectivity index (χ0n) is 9.73. The number of carbonyl (C=O) groups is 1. The Morgan fingerprint density at radius 1 is 1.35 bits per heavy atom. The Morgan fingerprint density at radius 2 is 2.06 bits per heavy atom. The molecule has 0 aliphatic rings. The van der Waals surface area contributed by atoms with Crippen molar-refractivity contribution in [1.29, 1.82) is 0 Å². The first-order valence-corrected chi connectivity index (χ1v) is 5.36. The van der Waals surface area contributed by atoms with Gasteiger partial charge in [-0.05, 0) is 19.1 Å². The molecule has 1 aromatic rings. The quantitative estimate of drug-likeness (QED) is 0.257. The van der Waals surface area contributed by atoms with E-state index in [4.69, 9.17) is 5.84 Å². The summed E-state index contributed by atoms with van der Waals surface area (Å²) in [6.45, 7) is 2.48. The molecule has 0 aliphatic heterocycles. The third kappa shape index (κ3) is 4.98. The lowest BCUT2D eigenvalue weighted by molar-refractivity contribution is -0.119. The molecule has 5 N–H and O–H groups in total. The summed E-state index contributed by atoms with van der Waals surface area (Å²) in [6, 6.07) is 9.44. The van der Waals surface area contributed by atoms with Crippen molar-refractivity contribution in [2.24, 2.45) is 10.8 Å². The number of nitrogens with two attached hydrogens (primary N) is 1. The van der Waals surface area contributed by atoms with E-state index in [2.05, 4.69) is 21.1 Å². The topological polar surface area (TPSA) is 91.5 Å². The second-order valence-corrected chi connectivity index (χ2v) is 3.25. The average Bonchev–Trinajstić information content (AvgIpc) is 2.36. The maximum absolute atomic E-state index is 11.2. The van der Waals surface area contributed by atoms with E-state index in [1.54, 1.807) is 0 Å². The Hall–Kier alpha value is -2.08. The summed E-state index contributed by atoms with van der Waals surface area (Å²) >= 11 is 0. The molecule has 1 rings (SSSR count). The lowest BCUT2D eigenvalue weighted by atomic mass is 10.3. The number of hydrogen-bond acceptors (Lipinski definition) is 3. The Kier molecular flexibility index (Phi) is 5.53. The number of hydrogen-bond donors (Lipinski definition) is 4. The predicted octanol–water partition coefficient (Wildman–Crippen LogP) is 0.0539. The van der Waals surface area contributed by atoms with Crippen LogP contribution in [0, 0.1) is 0 Å². The molecule has 0 spiro atoms. The molecule has 0 aliphatic carbocycles. The van der Waals surface area contributed by atoms with Gasteiger partial charge in [-0.1, -0.05) is 18.2 Å². The normalized spacial score (nSPS) is 10.8. The fraction of sp³-hybridized carbons (Fsp3) is 0.273. The van der Waals surface area contributed by atoms with Crippen molar-refractivity contribution in [2.75, 3.05) is 18.4 Å². The molecule has 1 amide bonds. The van der Waals surface area contributed by atoms with Crippen LogP contribution in [0.4, 0.5) is 5.69 Å². The maximum atomic E-state index is 11.2. The third-order valence-corrected chi connectivity index (χ3v) is 1.93. The lowest BCUT2D eigenvalue weighted by Crippen LogP contribution is -2.37. The Labute approximate surface area is 100 Å². The highest BCUT2D eigenvalue weighted by Crippen LogP contribution is 2.03. The van der Waals surface area contributed by atoms with Gasteiger partial charge >= 0.3 is 0 Å². The minimum Gasteiger partial charge on any atom is -0.355 e. The van der Waals surface area contributed by atoms with Crippen LogP contribution >= 0.6 is 0 Å². The number of anilines is 1. The standard InChI is InChI=1S/C11H17N5O/c1-2-13-10(17)8-14-11(16-12)15-9-6-4-3-5-7-9/h3-7H,2,8,12H2,1H3,(H,13,17)(H2,14,15,16). The molecule has 6 nitrogen and oxygen atoms in total. The van der Waals surface area contributed by atoms with Crippen LogP contribution in [0.25, 0.3) is 0 Å². The smallest absolute Gasteiger partial charge is 0.241 e. The van der Waals surface area contributed by atoms with Crippen molar-refractivity contribution in [1.82, 2.24) is 10.7 Å². The minimum atomic E-state index is -0.143. The van der Waals surface area contributed by atoms with Crippen molar-refractivity contribution in [2.45, 2.75) is 6.92 Å². The van der Waals surface area contributed by atoms with Gasteiger partial charge < -0.3 is 10.6 Å². The van der Waals surface area contributed by atoms with E-state index in [9.17, 15) is 4.79 Å². The summed E-state index contributed by atoms with van der Waals surface area (Å²) in [5.41, 5.74) is 3.25. The predicted molar refractivity (Wildman–Crippen MR) is 68.4 cm³/mol. The van der Waals surface area contributed by atoms with E-state index >= 15 is 0 Å². The lowest BCUT2D eigenvalue weighted by Gasteiger charge is -2.08. The van der Waals surface area contributed by atoms with Crippen LogP contribution in [0.15, 0.2) is 35.3 Å². The van der Waals surface area contributed by atoms with Gasteiger partial charge in [-0.3, -0.25) is 10.2 Å². The molecule has 17 heavy (non-hydrogen) atoms. The molecule has 0 radical (unpaired) electrons. The number of benzene rings is 1. The molecule has 0 saturated carbocycles. The van der Waals surface area contributed by atoms with E-state index in [-0.39, 0.29) is 12.5 Å². The zero-order chi connectivity index (χ0) is 12.5. The van der Waals surface area contributed by atoms with Crippen LogP contribution in [-0.4, -0.2) is 25.0 Å². The second-order valence-electron chi connectivity index (χ2n) is 3.25. The van der Waals surface area contributed by atoms with Gasteiger partial charge in [-0.15, -0.1) is 0 Å². The second kappa shape index (κ2) is 7.24. The highest BCUT2D eigenvalue weighted by Gasteiger charge is 2.00. The SMILES string of the molecule is CCNC(=O)CN=C(NN)Nc1ccccc1. The van der Waals surface area contributed by atoms with Crippen molar-refractivity contribution in [3.63, 3.8) is 0 Å². The molecule has 0 atom stereocenters. The molecule has 0 bridgehead atoms. The van der Waals surface area contributed by atoms with Crippen LogP contribution in [0.1, 0.15) is 6.92 Å². The van der Waals surface area contributed by atoms with E-state index in [1.807, 2.05) is 37.3 Å². The van der Waals surface area contributed by atoms with Gasteiger partial charge in [0.1, 0.15) is 6.54 Å². The number of carbonyl (C=O) groups excluding carboxylic acids is 1. The van der Waals surface area contributed by atoms with Crippen LogP contribution in [-0.2, 0) is 4.79 Å². The van der Waals surface area contributed by atoms with E-state index < -0.39 is 0 Å². The molecule has 0 unspecified atom stereocenters. The molecular weight excluding hydrogens is 218 g/mol. The van der Waals surface area contributed by atoms with Crippen LogP contribution < -0.4 is 21.9 Å². The molecular formula is C11H17N5O. The first-order valence-electron chi connectivity index (χ1n) is 5.36. The maximum Gasteiger partial charge on any atom is 0.241 e. The van der Waals surface area contributed by atoms with Crippen LogP contribution in [0.2, 0.25) is 0 Å². The first-order chi connectivity index (χ1) is 8.26. The highest BCUT2D eigenvalue weighted by molar-refractivity contribution is 5.94. The fourth-order valence-corrected chi connectivity index (χ4v) is 1.18. The summed E-state index contributed by atoms with van der Waals surface area (Å²) in [7, 11) is 0. The summed E-state index contributed by atoms with van der Waals surface area (Å²) in [5.74, 6) is 5.51. The number of hydrazine groups is 1. The number of nitrogens with zero attached hydrogens (tertiary/aromatic N) is 1. The number of aliphatic imine (C=N–C) groups is 1. The van der Waals surface area contributed by atoms with Crippen molar-refractivity contribution < 1.29 is 4.79 Å². The zero-order valence-corrected chi connectivity index (χ0v) is 9.73. The summed E-state index contributed by atoms with van der Waals surface area (Å²) in [4.78, 5) is 15.2. The van der Waals surface area contributed by atoms with Gasteiger partial charge in [0.05, 0.1) is 0 Å². The van der Waals surface area contributed by atoms with Crippen LogP contribution in [0.3, 0.4) is 0 Å². The minimum absolute atomic E-state index is 0.0349. The molecule has 1 aromatic carbocycles. The van der Waals surface area contributed by atoms with Gasteiger partial charge in [0.15, 0.2) is 0 Å². The Morgan fingerprint density at radius 3 is 2.65 bits per heavy atom. The largest absolute Gasteiger partial charge is 0.355 e.